The van der Waals surface area contributed by atoms with E-state index in [2.05, 4.69) is 0 Å². The van der Waals surface area contributed by atoms with Crippen molar-refractivity contribution in [3.63, 3.8) is 0 Å². The normalized spacial score (nSPS) is 30.2. The molecule has 94 valence electrons. The molecule has 0 aliphatic carbocycles. The van der Waals surface area contributed by atoms with Crippen LogP contribution in [0.25, 0.3) is 0 Å². The lowest BCUT2D eigenvalue weighted by molar-refractivity contribution is -0.137. The van der Waals surface area contributed by atoms with Crippen LogP contribution in [0, 0.1) is 0 Å². The molecule has 1 heterocycles. The number of aliphatic hydroxyl groups is 2. The summed E-state index contributed by atoms with van der Waals surface area (Å²) in [7, 11) is 3.17. The Morgan fingerprint density at radius 2 is 2.06 bits per heavy atom. The van der Waals surface area contributed by atoms with Gasteiger partial charge in [-0.3, -0.25) is 4.79 Å². The molecule has 0 amide bonds. The van der Waals surface area contributed by atoms with Gasteiger partial charge in [-0.15, -0.1) is 0 Å². The summed E-state index contributed by atoms with van der Waals surface area (Å²) in [5.74, 6) is 0.344. The van der Waals surface area contributed by atoms with Crippen molar-refractivity contribution in [2.45, 2.75) is 43.8 Å². The van der Waals surface area contributed by atoms with E-state index in [9.17, 15) is 15.0 Å². The van der Waals surface area contributed by atoms with Crippen molar-refractivity contribution in [3.05, 3.63) is 0 Å². The number of aliphatic hydroxyl groups excluding tert-OH is 1. The van der Waals surface area contributed by atoms with Gasteiger partial charge in [-0.2, -0.15) is 0 Å². The van der Waals surface area contributed by atoms with E-state index in [-0.39, 0.29) is 6.42 Å². The van der Waals surface area contributed by atoms with Crippen molar-refractivity contribution in [2.24, 2.45) is 0 Å². The van der Waals surface area contributed by atoms with E-state index in [1.807, 2.05) is 0 Å². The maximum atomic E-state index is 10.3. The predicted molar refractivity (Wildman–Crippen MR) is 66.6 cm³/mol. The van der Waals surface area contributed by atoms with Gasteiger partial charge in [-0.05, 0) is 12.8 Å². The van der Waals surface area contributed by atoms with Gasteiger partial charge in [0, 0.05) is 17.9 Å². The summed E-state index contributed by atoms with van der Waals surface area (Å²) in [5.41, 5.74) is -0.973. The quantitative estimate of drug-likeness (QED) is 0.499. The molecule has 2 atom stereocenters. The van der Waals surface area contributed by atoms with Crippen molar-refractivity contribution in [3.8, 4) is 0 Å². The van der Waals surface area contributed by atoms with Crippen LogP contribution in [0.5, 0.6) is 0 Å². The van der Waals surface area contributed by atoms with Crippen LogP contribution in [0.4, 0.5) is 0 Å². The Bertz CT molecular complexity index is 237. The maximum Gasteiger partial charge on any atom is 0.303 e. The number of aliphatic carboxylic acids is 1. The molecule has 0 saturated carbocycles. The molecule has 0 spiro atoms. The minimum atomic E-state index is -0.973. The standard InChI is InChI=1S/C10H18O4S2/c11-8-6-15-16-7-10(8,14)5-3-1-2-4-9(12)13/h8,11,14H,1-7H2,(H,12,13). The molecule has 0 bridgehead atoms. The van der Waals surface area contributed by atoms with Crippen LogP contribution in [-0.4, -0.2) is 44.5 Å². The Morgan fingerprint density at radius 3 is 2.69 bits per heavy atom. The number of carbonyl (C=O) groups is 1. The highest BCUT2D eigenvalue weighted by atomic mass is 33.1. The van der Waals surface area contributed by atoms with Crippen molar-refractivity contribution in [1.82, 2.24) is 0 Å². The molecule has 0 aromatic carbocycles. The molecule has 3 N–H and O–H groups in total. The Hall–Kier alpha value is 0.0900. The van der Waals surface area contributed by atoms with Crippen molar-refractivity contribution >= 4 is 27.6 Å². The number of hydrogen-bond donors (Lipinski definition) is 3. The van der Waals surface area contributed by atoms with Crippen LogP contribution in [0.3, 0.4) is 0 Å². The van der Waals surface area contributed by atoms with E-state index in [4.69, 9.17) is 5.11 Å². The zero-order valence-corrected chi connectivity index (χ0v) is 10.7. The molecule has 1 aliphatic rings. The largest absolute Gasteiger partial charge is 0.481 e. The number of hydrogen-bond acceptors (Lipinski definition) is 5. The van der Waals surface area contributed by atoms with Gasteiger partial charge in [0.15, 0.2) is 0 Å². The fourth-order valence-corrected chi connectivity index (χ4v) is 4.33. The SMILES string of the molecule is O=C(O)CCCCCC1(O)CSSCC1O. The summed E-state index contributed by atoms with van der Waals surface area (Å²) in [6.45, 7) is 0. The van der Waals surface area contributed by atoms with Gasteiger partial charge < -0.3 is 15.3 Å². The minimum Gasteiger partial charge on any atom is -0.481 e. The second-order valence-corrected chi connectivity index (χ2v) is 6.63. The van der Waals surface area contributed by atoms with Crippen LogP contribution in [0.15, 0.2) is 0 Å². The monoisotopic (exact) mass is 266 g/mol. The van der Waals surface area contributed by atoms with Gasteiger partial charge in [0.2, 0.25) is 0 Å². The maximum absolute atomic E-state index is 10.3. The Kier molecular flexibility index (Phi) is 5.96. The fourth-order valence-electron chi connectivity index (χ4n) is 1.63. The van der Waals surface area contributed by atoms with Crippen LogP contribution in [-0.2, 0) is 4.79 Å². The number of carboxylic acid groups (broad SMARTS) is 1. The second kappa shape index (κ2) is 6.74. The first kappa shape index (κ1) is 14.2. The Balaban J connectivity index is 2.17. The third kappa shape index (κ3) is 4.53. The van der Waals surface area contributed by atoms with Crippen LogP contribution in [0.2, 0.25) is 0 Å². The summed E-state index contributed by atoms with van der Waals surface area (Å²) in [6, 6.07) is 0. The molecule has 1 rings (SSSR count). The van der Waals surface area contributed by atoms with E-state index in [1.165, 1.54) is 0 Å². The second-order valence-electron chi connectivity index (χ2n) is 4.12. The first-order valence-corrected chi connectivity index (χ1v) is 7.90. The van der Waals surface area contributed by atoms with Gasteiger partial charge in [-0.25, -0.2) is 0 Å². The third-order valence-electron chi connectivity index (χ3n) is 2.74. The summed E-state index contributed by atoms with van der Waals surface area (Å²) >= 11 is 0. The molecular weight excluding hydrogens is 248 g/mol. The first-order valence-electron chi connectivity index (χ1n) is 5.41. The summed E-state index contributed by atoms with van der Waals surface area (Å²) in [5, 5.41) is 28.3. The highest BCUT2D eigenvalue weighted by molar-refractivity contribution is 8.76. The average molecular weight is 266 g/mol. The topological polar surface area (TPSA) is 77.8 Å². The van der Waals surface area contributed by atoms with Crippen LogP contribution >= 0.6 is 21.6 Å². The number of rotatable bonds is 6. The van der Waals surface area contributed by atoms with Gasteiger partial charge in [-0.1, -0.05) is 34.4 Å². The van der Waals surface area contributed by atoms with E-state index in [0.29, 0.717) is 24.3 Å². The highest BCUT2D eigenvalue weighted by Gasteiger charge is 2.38. The molecule has 1 saturated heterocycles. The molecular formula is C10H18O4S2. The molecule has 1 aliphatic heterocycles. The third-order valence-corrected chi connectivity index (χ3v) is 5.24. The molecule has 6 heteroatoms. The first-order chi connectivity index (χ1) is 7.54. The Morgan fingerprint density at radius 1 is 1.31 bits per heavy atom. The lowest BCUT2D eigenvalue weighted by Crippen LogP contribution is -2.47. The van der Waals surface area contributed by atoms with E-state index in [1.54, 1.807) is 21.6 Å². The summed E-state index contributed by atoms with van der Waals surface area (Å²) in [4.78, 5) is 10.3. The molecule has 1 fully saturated rings. The van der Waals surface area contributed by atoms with E-state index in [0.717, 1.165) is 12.8 Å². The van der Waals surface area contributed by atoms with Crippen molar-refractivity contribution < 1.29 is 20.1 Å². The summed E-state index contributed by atoms with van der Waals surface area (Å²) < 4.78 is 0. The Labute approximate surface area is 103 Å². The molecule has 2 unspecified atom stereocenters. The fraction of sp³-hybridized carbons (Fsp3) is 0.900. The van der Waals surface area contributed by atoms with Crippen molar-refractivity contribution in [2.75, 3.05) is 11.5 Å². The average Bonchev–Trinajstić information content (AvgIpc) is 2.22. The lowest BCUT2D eigenvalue weighted by atomic mass is 9.92. The zero-order chi connectivity index (χ0) is 12.0. The molecule has 4 nitrogen and oxygen atoms in total. The molecule has 16 heavy (non-hydrogen) atoms. The van der Waals surface area contributed by atoms with Gasteiger partial charge >= 0.3 is 5.97 Å². The van der Waals surface area contributed by atoms with Gasteiger partial charge in [0.05, 0.1) is 6.10 Å². The highest BCUT2D eigenvalue weighted by Crippen LogP contribution is 2.38. The molecule has 0 aromatic rings. The number of unbranched alkanes of at least 4 members (excludes halogenated alkanes) is 2. The predicted octanol–water partition coefficient (Wildman–Crippen LogP) is 1.51. The molecule has 0 radical (unpaired) electrons. The smallest absolute Gasteiger partial charge is 0.303 e. The minimum absolute atomic E-state index is 0.186. The zero-order valence-electron chi connectivity index (χ0n) is 9.09. The van der Waals surface area contributed by atoms with Crippen LogP contribution < -0.4 is 0 Å². The van der Waals surface area contributed by atoms with Gasteiger partial charge in [0.25, 0.3) is 0 Å². The summed E-state index contributed by atoms with van der Waals surface area (Å²) in [6.07, 6.45) is 2.29. The lowest BCUT2D eigenvalue weighted by Gasteiger charge is -2.35. The van der Waals surface area contributed by atoms with Crippen molar-refractivity contribution in [1.29, 1.82) is 0 Å². The van der Waals surface area contributed by atoms with Gasteiger partial charge in [0.1, 0.15) is 5.60 Å². The van der Waals surface area contributed by atoms with E-state index >= 15 is 0 Å². The number of carboxylic acids is 1. The van der Waals surface area contributed by atoms with E-state index < -0.39 is 17.7 Å². The van der Waals surface area contributed by atoms with Crippen LogP contribution in [0.1, 0.15) is 32.1 Å². The molecule has 0 aromatic heterocycles.